The molecule has 0 aliphatic heterocycles. The monoisotopic (exact) mass is 326 g/mol. The van der Waals surface area contributed by atoms with E-state index in [-0.39, 0.29) is 0 Å². The van der Waals surface area contributed by atoms with E-state index in [4.69, 9.17) is 0 Å². The third-order valence-electron chi connectivity index (χ3n) is 3.28. The molecule has 0 saturated carbocycles. The van der Waals surface area contributed by atoms with Gasteiger partial charge < -0.3 is 10.2 Å². The molecular weight excluding hydrogens is 300 g/mol. The molecule has 0 radical (unpaired) electrons. The summed E-state index contributed by atoms with van der Waals surface area (Å²) in [5.74, 6) is 0. The van der Waals surface area contributed by atoms with Crippen molar-refractivity contribution < 1.29 is 0 Å². The van der Waals surface area contributed by atoms with E-state index in [1.807, 2.05) is 0 Å². The first-order valence-electron chi connectivity index (χ1n) is 7.39. The molecule has 0 fully saturated rings. The molecule has 0 amide bonds. The van der Waals surface area contributed by atoms with Gasteiger partial charge in [0.2, 0.25) is 0 Å². The second-order valence-corrected chi connectivity index (χ2v) is 5.95. The van der Waals surface area contributed by atoms with E-state index < -0.39 is 0 Å². The molecule has 2 nitrogen and oxygen atoms in total. The maximum absolute atomic E-state index is 3.70. The number of nitrogens with zero attached hydrogens (tertiary/aromatic N) is 1. The van der Waals surface area contributed by atoms with Gasteiger partial charge in [-0.3, -0.25) is 0 Å². The summed E-state index contributed by atoms with van der Waals surface area (Å²) in [6.07, 6.45) is 5.02. The summed E-state index contributed by atoms with van der Waals surface area (Å²) in [5, 5.41) is 3.43. The Morgan fingerprint density at radius 1 is 1.16 bits per heavy atom. The average molecular weight is 327 g/mol. The van der Waals surface area contributed by atoms with Gasteiger partial charge in [0.25, 0.3) is 0 Å². The van der Waals surface area contributed by atoms with Crippen molar-refractivity contribution in [1.29, 1.82) is 0 Å². The number of anilines is 1. The van der Waals surface area contributed by atoms with Gasteiger partial charge in [0, 0.05) is 24.6 Å². The molecular formula is C16H27BrN2. The second-order valence-electron chi connectivity index (χ2n) is 5.09. The van der Waals surface area contributed by atoms with Crippen molar-refractivity contribution in [2.75, 3.05) is 25.0 Å². The zero-order chi connectivity index (χ0) is 14.1. The summed E-state index contributed by atoms with van der Waals surface area (Å²) in [6.45, 7) is 7.59. The van der Waals surface area contributed by atoms with Crippen molar-refractivity contribution >= 4 is 21.6 Å². The molecule has 19 heavy (non-hydrogen) atoms. The van der Waals surface area contributed by atoms with Gasteiger partial charge in [-0.2, -0.15) is 0 Å². The Labute approximate surface area is 126 Å². The lowest BCUT2D eigenvalue weighted by Crippen LogP contribution is -2.19. The minimum atomic E-state index is 0.951. The van der Waals surface area contributed by atoms with E-state index in [9.17, 15) is 0 Å². The number of nitrogens with one attached hydrogen (secondary N) is 1. The first kappa shape index (κ1) is 16.5. The van der Waals surface area contributed by atoms with Crippen LogP contribution >= 0.6 is 15.9 Å². The number of hydrogen-bond donors (Lipinski definition) is 1. The Morgan fingerprint density at radius 2 is 1.95 bits per heavy atom. The molecule has 1 rings (SSSR count). The minimum absolute atomic E-state index is 0.951. The van der Waals surface area contributed by atoms with Crippen LogP contribution in [0.3, 0.4) is 0 Å². The number of benzene rings is 1. The molecule has 0 atom stereocenters. The maximum atomic E-state index is 3.70. The number of halogens is 1. The Morgan fingerprint density at radius 3 is 2.58 bits per heavy atom. The Balaban J connectivity index is 2.55. The molecule has 0 unspecified atom stereocenters. The first-order chi connectivity index (χ1) is 9.19. The van der Waals surface area contributed by atoms with Crippen molar-refractivity contribution in [3.8, 4) is 0 Å². The fourth-order valence-corrected chi connectivity index (χ4v) is 2.83. The predicted molar refractivity (Wildman–Crippen MR) is 88.9 cm³/mol. The van der Waals surface area contributed by atoms with Crippen molar-refractivity contribution in [2.45, 2.75) is 46.1 Å². The summed E-state index contributed by atoms with van der Waals surface area (Å²) >= 11 is 3.70. The first-order valence-corrected chi connectivity index (χ1v) is 8.18. The molecule has 0 bridgehead atoms. The average Bonchev–Trinajstić information content (AvgIpc) is 2.39. The van der Waals surface area contributed by atoms with Gasteiger partial charge in [0.05, 0.1) is 5.69 Å². The van der Waals surface area contributed by atoms with Crippen molar-refractivity contribution in [3.05, 3.63) is 28.2 Å². The standard InChI is InChI=1S/C16H27BrN2/c1-4-6-7-11-19(3)16-9-8-14(12-15(16)17)13-18-10-5-2/h8-9,12,18H,4-7,10-11,13H2,1-3H3. The van der Waals surface area contributed by atoms with Crippen LogP contribution in [0.25, 0.3) is 0 Å². The highest BCUT2D eigenvalue weighted by Crippen LogP contribution is 2.26. The third kappa shape index (κ3) is 5.96. The smallest absolute Gasteiger partial charge is 0.0508 e. The molecule has 0 spiro atoms. The molecule has 3 heteroatoms. The largest absolute Gasteiger partial charge is 0.374 e. The molecule has 0 saturated heterocycles. The summed E-state index contributed by atoms with van der Waals surface area (Å²) in [5.41, 5.74) is 2.63. The summed E-state index contributed by atoms with van der Waals surface area (Å²) in [6, 6.07) is 6.67. The Bertz CT molecular complexity index is 366. The second kappa shape index (κ2) is 9.38. The Hall–Kier alpha value is -0.540. The van der Waals surface area contributed by atoms with Crippen LogP contribution in [-0.4, -0.2) is 20.1 Å². The van der Waals surface area contributed by atoms with Gasteiger partial charge >= 0.3 is 0 Å². The van der Waals surface area contributed by atoms with Gasteiger partial charge in [0.15, 0.2) is 0 Å². The number of hydrogen-bond acceptors (Lipinski definition) is 2. The van der Waals surface area contributed by atoms with E-state index in [0.717, 1.165) is 19.6 Å². The van der Waals surface area contributed by atoms with Crippen LogP contribution in [0.5, 0.6) is 0 Å². The fraction of sp³-hybridized carbons (Fsp3) is 0.625. The highest BCUT2D eigenvalue weighted by atomic mass is 79.9. The van der Waals surface area contributed by atoms with E-state index in [1.54, 1.807) is 0 Å². The fourth-order valence-electron chi connectivity index (χ4n) is 2.10. The van der Waals surface area contributed by atoms with Crippen molar-refractivity contribution in [3.63, 3.8) is 0 Å². The van der Waals surface area contributed by atoms with E-state index >= 15 is 0 Å². The van der Waals surface area contributed by atoms with E-state index in [2.05, 4.69) is 65.2 Å². The topological polar surface area (TPSA) is 15.3 Å². The molecule has 1 aromatic rings. The van der Waals surface area contributed by atoms with Gasteiger partial charge in [0.1, 0.15) is 0 Å². The van der Waals surface area contributed by atoms with Crippen molar-refractivity contribution in [1.82, 2.24) is 5.32 Å². The van der Waals surface area contributed by atoms with Crippen LogP contribution in [0.4, 0.5) is 5.69 Å². The molecule has 0 heterocycles. The van der Waals surface area contributed by atoms with Crippen LogP contribution in [0.1, 0.15) is 45.1 Å². The van der Waals surface area contributed by atoms with E-state index in [1.165, 1.54) is 41.4 Å². The molecule has 0 aromatic heterocycles. The quantitative estimate of drug-likeness (QED) is 0.668. The number of rotatable bonds is 9. The molecule has 1 aromatic carbocycles. The maximum Gasteiger partial charge on any atom is 0.0508 e. The van der Waals surface area contributed by atoms with Gasteiger partial charge in [-0.15, -0.1) is 0 Å². The third-order valence-corrected chi connectivity index (χ3v) is 3.91. The molecule has 1 N–H and O–H groups in total. The highest BCUT2D eigenvalue weighted by Gasteiger charge is 2.06. The van der Waals surface area contributed by atoms with Crippen LogP contribution in [0.15, 0.2) is 22.7 Å². The summed E-state index contributed by atoms with van der Waals surface area (Å²) in [7, 11) is 2.17. The number of unbranched alkanes of at least 4 members (excludes halogenated alkanes) is 2. The van der Waals surface area contributed by atoms with Gasteiger partial charge in [-0.25, -0.2) is 0 Å². The zero-order valence-electron chi connectivity index (χ0n) is 12.5. The van der Waals surface area contributed by atoms with Gasteiger partial charge in [-0.05, 0) is 53.0 Å². The van der Waals surface area contributed by atoms with Crippen LogP contribution in [0.2, 0.25) is 0 Å². The molecule has 108 valence electrons. The predicted octanol–water partition coefficient (Wildman–Crippen LogP) is 4.58. The summed E-state index contributed by atoms with van der Waals surface area (Å²) < 4.78 is 1.20. The lowest BCUT2D eigenvalue weighted by Gasteiger charge is -2.21. The minimum Gasteiger partial charge on any atom is -0.374 e. The molecule has 0 aliphatic rings. The zero-order valence-corrected chi connectivity index (χ0v) is 14.1. The molecule has 0 aliphatic carbocycles. The normalized spacial score (nSPS) is 10.7. The van der Waals surface area contributed by atoms with Crippen LogP contribution in [0, 0.1) is 0 Å². The van der Waals surface area contributed by atoms with Gasteiger partial charge in [-0.1, -0.05) is 32.8 Å². The van der Waals surface area contributed by atoms with Crippen LogP contribution in [-0.2, 0) is 6.54 Å². The lowest BCUT2D eigenvalue weighted by molar-refractivity contribution is 0.675. The van der Waals surface area contributed by atoms with Crippen LogP contribution < -0.4 is 10.2 Å². The summed E-state index contributed by atoms with van der Waals surface area (Å²) in [4.78, 5) is 2.34. The highest BCUT2D eigenvalue weighted by molar-refractivity contribution is 9.10. The lowest BCUT2D eigenvalue weighted by atomic mass is 10.2. The van der Waals surface area contributed by atoms with E-state index in [0.29, 0.717) is 0 Å². The Kier molecular flexibility index (Phi) is 8.15. The van der Waals surface area contributed by atoms with Crippen molar-refractivity contribution in [2.24, 2.45) is 0 Å². The SMILES string of the molecule is CCCCCN(C)c1ccc(CNCCC)cc1Br.